The predicted octanol–water partition coefficient (Wildman–Crippen LogP) is 1.88. The topological polar surface area (TPSA) is 80.9 Å². The van der Waals surface area contributed by atoms with Gasteiger partial charge in [0.1, 0.15) is 5.75 Å². The van der Waals surface area contributed by atoms with E-state index in [2.05, 4.69) is 15.0 Å². The Bertz CT molecular complexity index is 883. The highest BCUT2D eigenvalue weighted by Crippen LogP contribution is 2.30. The lowest BCUT2D eigenvalue weighted by Crippen LogP contribution is -2.55. The fourth-order valence-electron chi connectivity index (χ4n) is 4.08. The number of ether oxygens (including phenoxy) is 2. The van der Waals surface area contributed by atoms with Gasteiger partial charge in [0, 0.05) is 26.6 Å². The number of nitrogens with zero attached hydrogens (tertiary/aromatic N) is 4. The summed E-state index contributed by atoms with van der Waals surface area (Å²) in [7, 11) is 0. The van der Waals surface area contributed by atoms with Gasteiger partial charge in [0.15, 0.2) is 12.4 Å². The number of amides is 1. The van der Waals surface area contributed by atoms with Gasteiger partial charge in [-0.3, -0.25) is 9.69 Å². The van der Waals surface area contributed by atoms with Crippen molar-refractivity contribution < 1.29 is 18.8 Å². The number of carbonyl (C=O) groups excluding carboxylic acids is 1. The van der Waals surface area contributed by atoms with Crippen LogP contribution in [-0.4, -0.2) is 70.8 Å². The summed E-state index contributed by atoms with van der Waals surface area (Å²) in [6.45, 7) is 9.88. The molecule has 4 rings (SSSR count). The number of morpholine rings is 1. The Hall–Kier alpha value is -2.45. The molecule has 1 amide bonds. The zero-order chi connectivity index (χ0) is 20.4. The van der Waals surface area contributed by atoms with E-state index >= 15 is 0 Å². The van der Waals surface area contributed by atoms with Crippen molar-refractivity contribution in [3.63, 3.8) is 0 Å². The Labute approximate surface area is 170 Å². The lowest BCUT2D eigenvalue weighted by atomic mass is 10.0. The second kappa shape index (κ2) is 8.12. The summed E-state index contributed by atoms with van der Waals surface area (Å²) in [6.07, 6.45) is 0.880. The number of aryl methyl sites for hydroxylation is 2. The molecule has 2 aromatic rings. The first kappa shape index (κ1) is 19.8. The maximum absolute atomic E-state index is 12.8. The number of rotatable bonds is 5. The first-order chi connectivity index (χ1) is 13.9. The standard InChI is InChI=1S/C21H28N4O4/c1-15-5-4-6-18(16(15)2)27-12-20(26)25-9-10-28-21(14-25)7-8-24(13-21)11-19-22-17(3)29-23-19/h4-6H,7-14H2,1-3H3. The zero-order valence-electron chi connectivity index (χ0n) is 17.3. The molecule has 29 heavy (non-hydrogen) atoms. The van der Waals surface area contributed by atoms with Crippen molar-refractivity contribution in [3.05, 3.63) is 41.0 Å². The van der Waals surface area contributed by atoms with Crippen LogP contribution in [0.15, 0.2) is 22.7 Å². The monoisotopic (exact) mass is 400 g/mol. The van der Waals surface area contributed by atoms with Crippen molar-refractivity contribution in [2.75, 3.05) is 39.4 Å². The van der Waals surface area contributed by atoms with Crippen molar-refractivity contribution >= 4 is 5.91 Å². The number of carbonyl (C=O) groups is 1. The van der Waals surface area contributed by atoms with E-state index in [4.69, 9.17) is 14.0 Å². The van der Waals surface area contributed by atoms with Crippen molar-refractivity contribution in [2.24, 2.45) is 0 Å². The van der Waals surface area contributed by atoms with Crippen molar-refractivity contribution in [3.8, 4) is 5.75 Å². The third-order valence-corrected chi connectivity index (χ3v) is 5.84. The third-order valence-electron chi connectivity index (χ3n) is 5.84. The van der Waals surface area contributed by atoms with Crippen LogP contribution in [0.25, 0.3) is 0 Å². The SMILES string of the molecule is Cc1nc(CN2CCC3(C2)CN(C(=O)COc2cccc(C)c2C)CCO3)no1. The van der Waals surface area contributed by atoms with Crippen molar-refractivity contribution in [2.45, 2.75) is 39.3 Å². The first-order valence-electron chi connectivity index (χ1n) is 10.1. The molecule has 0 radical (unpaired) electrons. The van der Waals surface area contributed by atoms with Crippen LogP contribution in [0.5, 0.6) is 5.75 Å². The Kier molecular flexibility index (Phi) is 5.56. The van der Waals surface area contributed by atoms with Gasteiger partial charge in [0.05, 0.1) is 25.3 Å². The summed E-state index contributed by atoms with van der Waals surface area (Å²) in [5, 5.41) is 3.97. The molecule has 0 aliphatic carbocycles. The van der Waals surface area contributed by atoms with Crippen molar-refractivity contribution in [1.29, 1.82) is 0 Å². The lowest BCUT2D eigenvalue weighted by molar-refractivity contribution is -0.150. The van der Waals surface area contributed by atoms with Gasteiger partial charge in [-0.2, -0.15) is 4.98 Å². The van der Waals surface area contributed by atoms with Crippen LogP contribution in [0, 0.1) is 20.8 Å². The van der Waals surface area contributed by atoms with Crippen molar-refractivity contribution in [1.82, 2.24) is 19.9 Å². The summed E-state index contributed by atoms with van der Waals surface area (Å²) in [5.41, 5.74) is 1.90. The maximum atomic E-state index is 12.8. The van der Waals surface area contributed by atoms with Gasteiger partial charge in [0.25, 0.3) is 5.91 Å². The maximum Gasteiger partial charge on any atom is 0.260 e. The lowest BCUT2D eigenvalue weighted by Gasteiger charge is -2.40. The van der Waals surface area contributed by atoms with E-state index in [1.807, 2.05) is 36.9 Å². The molecule has 1 aromatic carbocycles. The predicted molar refractivity (Wildman–Crippen MR) is 106 cm³/mol. The Morgan fingerprint density at radius 1 is 1.24 bits per heavy atom. The Balaban J connectivity index is 1.33. The average Bonchev–Trinajstić information content (AvgIpc) is 3.29. The smallest absolute Gasteiger partial charge is 0.260 e. The van der Waals surface area contributed by atoms with Gasteiger partial charge in [-0.15, -0.1) is 0 Å². The van der Waals surface area contributed by atoms with Crippen LogP contribution in [-0.2, 0) is 16.1 Å². The number of benzene rings is 1. The number of likely N-dealkylation sites (tertiary alicyclic amines) is 1. The van der Waals surface area contributed by atoms with Crippen LogP contribution in [0.1, 0.15) is 29.3 Å². The quantitative estimate of drug-likeness (QED) is 0.758. The zero-order valence-corrected chi connectivity index (χ0v) is 17.3. The molecule has 2 saturated heterocycles. The highest BCUT2D eigenvalue weighted by molar-refractivity contribution is 5.78. The molecule has 1 aromatic heterocycles. The molecule has 2 aliphatic rings. The molecule has 8 nitrogen and oxygen atoms in total. The largest absolute Gasteiger partial charge is 0.483 e. The first-order valence-corrected chi connectivity index (χ1v) is 10.1. The minimum Gasteiger partial charge on any atom is -0.483 e. The number of aromatic nitrogens is 2. The molecule has 0 bridgehead atoms. The van der Waals surface area contributed by atoms with Gasteiger partial charge in [-0.05, 0) is 37.5 Å². The molecule has 0 N–H and O–H groups in total. The van der Waals surface area contributed by atoms with Gasteiger partial charge in [-0.1, -0.05) is 17.3 Å². The van der Waals surface area contributed by atoms with Crippen LogP contribution in [0.4, 0.5) is 0 Å². The average molecular weight is 400 g/mol. The van der Waals surface area contributed by atoms with Gasteiger partial charge < -0.3 is 18.9 Å². The number of hydrogen-bond acceptors (Lipinski definition) is 7. The van der Waals surface area contributed by atoms with E-state index in [0.717, 1.165) is 36.4 Å². The normalized spacial score (nSPS) is 22.4. The van der Waals surface area contributed by atoms with E-state index in [0.29, 0.717) is 38.0 Å². The van der Waals surface area contributed by atoms with Crippen LogP contribution in [0.3, 0.4) is 0 Å². The van der Waals surface area contributed by atoms with Gasteiger partial charge in [-0.25, -0.2) is 0 Å². The molecule has 1 unspecified atom stereocenters. The molecule has 2 fully saturated rings. The molecule has 8 heteroatoms. The molecule has 1 spiro atoms. The second-order valence-electron chi connectivity index (χ2n) is 8.02. The van der Waals surface area contributed by atoms with Crippen LogP contribution < -0.4 is 4.74 Å². The van der Waals surface area contributed by atoms with E-state index in [1.165, 1.54) is 0 Å². The molecule has 3 heterocycles. The summed E-state index contributed by atoms with van der Waals surface area (Å²) >= 11 is 0. The number of hydrogen-bond donors (Lipinski definition) is 0. The van der Waals surface area contributed by atoms with E-state index < -0.39 is 0 Å². The Morgan fingerprint density at radius 2 is 2.10 bits per heavy atom. The molecular formula is C21H28N4O4. The summed E-state index contributed by atoms with van der Waals surface area (Å²) in [5.74, 6) is 2.03. The fraction of sp³-hybridized carbons (Fsp3) is 0.571. The summed E-state index contributed by atoms with van der Waals surface area (Å²) < 4.78 is 17.0. The highest BCUT2D eigenvalue weighted by atomic mass is 16.5. The van der Waals surface area contributed by atoms with Crippen LogP contribution in [0.2, 0.25) is 0 Å². The minimum absolute atomic E-state index is 0.000763. The third kappa shape index (κ3) is 4.43. The highest BCUT2D eigenvalue weighted by Gasteiger charge is 2.44. The fourth-order valence-corrected chi connectivity index (χ4v) is 4.08. The second-order valence-corrected chi connectivity index (χ2v) is 8.02. The molecule has 1 atom stereocenters. The molecule has 2 aliphatic heterocycles. The van der Waals surface area contributed by atoms with E-state index in [-0.39, 0.29) is 18.1 Å². The summed E-state index contributed by atoms with van der Waals surface area (Å²) in [4.78, 5) is 21.2. The van der Waals surface area contributed by atoms with Crippen LogP contribution >= 0.6 is 0 Å². The summed E-state index contributed by atoms with van der Waals surface area (Å²) in [6, 6.07) is 5.90. The van der Waals surface area contributed by atoms with Gasteiger partial charge in [0.2, 0.25) is 5.89 Å². The Morgan fingerprint density at radius 3 is 2.90 bits per heavy atom. The molecular weight excluding hydrogens is 372 g/mol. The molecule has 156 valence electrons. The minimum atomic E-state index is -0.327. The van der Waals surface area contributed by atoms with Gasteiger partial charge >= 0.3 is 0 Å². The van der Waals surface area contributed by atoms with E-state index in [9.17, 15) is 4.79 Å². The molecule has 0 saturated carbocycles. The van der Waals surface area contributed by atoms with E-state index in [1.54, 1.807) is 6.92 Å².